The number of halogens is 3. The van der Waals surface area contributed by atoms with Crippen LogP contribution in [0.4, 0.5) is 14.1 Å². The van der Waals surface area contributed by atoms with Gasteiger partial charge in [-0.2, -0.15) is 0 Å². The lowest BCUT2D eigenvalue weighted by molar-refractivity contribution is 0.785. The van der Waals surface area contributed by atoms with E-state index in [0.29, 0.717) is 0 Å². The van der Waals surface area contributed by atoms with Gasteiger partial charge in [0.15, 0.2) is 0 Å². The summed E-state index contributed by atoms with van der Waals surface area (Å²) in [5.41, 5.74) is 1.37. The van der Waals surface area contributed by atoms with E-state index in [1.54, 1.807) is 0 Å². The van der Waals surface area contributed by atoms with Gasteiger partial charge in [-0.25, -0.2) is 0 Å². The lowest BCUT2D eigenvalue weighted by Gasteiger charge is -2.01. The number of rotatable bonds is 3. The van der Waals surface area contributed by atoms with E-state index in [0.717, 1.165) is 11.3 Å². The van der Waals surface area contributed by atoms with E-state index >= 15 is 0 Å². The Morgan fingerprint density at radius 3 is 2.14 bits per heavy atom. The molecule has 0 atom stereocenters. The van der Waals surface area contributed by atoms with Crippen molar-refractivity contribution < 1.29 is 14.1 Å². The molecular formula is C10H17F3S. The number of aryl methyl sites for hydroxylation is 1. The maximum atomic E-state index is 4.37. The van der Waals surface area contributed by atoms with Gasteiger partial charge in [0.1, 0.15) is 0 Å². The summed E-state index contributed by atoms with van der Waals surface area (Å²) in [6, 6.07) is 8.30. The Morgan fingerprint density at radius 2 is 1.64 bits per heavy atom. The van der Waals surface area contributed by atoms with E-state index < -0.39 is 0 Å². The third-order valence-electron chi connectivity index (χ3n) is 1.79. The molecule has 0 spiro atoms. The van der Waals surface area contributed by atoms with Gasteiger partial charge in [0.2, 0.25) is 0 Å². The van der Waals surface area contributed by atoms with Crippen LogP contribution in [0.15, 0.2) is 29.2 Å². The molecule has 0 aliphatic carbocycles. The molecule has 1 aromatic rings. The van der Waals surface area contributed by atoms with Crippen molar-refractivity contribution in [1.82, 2.24) is 0 Å². The van der Waals surface area contributed by atoms with Crippen LogP contribution in [0.5, 0.6) is 0 Å². The van der Waals surface area contributed by atoms with Crippen LogP contribution in [0.1, 0.15) is 25.3 Å². The van der Waals surface area contributed by atoms with Crippen LogP contribution < -0.4 is 0 Å². The van der Waals surface area contributed by atoms with Crippen LogP contribution in [0, 0.1) is 0 Å². The number of thiol groups is 1. The molecule has 0 aromatic heterocycles. The summed E-state index contributed by atoms with van der Waals surface area (Å²) in [5.74, 6) is 0. The molecule has 84 valence electrons. The van der Waals surface area contributed by atoms with Crippen molar-refractivity contribution in [1.29, 1.82) is 0 Å². The molecule has 0 saturated carbocycles. The second kappa shape index (κ2) is 10.4. The zero-order chi connectivity index (χ0) is 8.10. The SMILES string of the molecule is CCCCc1ccccc1S.F.F.F. The van der Waals surface area contributed by atoms with Gasteiger partial charge in [-0.15, -0.1) is 12.6 Å². The van der Waals surface area contributed by atoms with Crippen LogP contribution >= 0.6 is 12.6 Å². The minimum atomic E-state index is 0. The zero-order valence-electron chi connectivity index (χ0n) is 8.10. The summed E-state index contributed by atoms with van der Waals surface area (Å²) in [6.07, 6.45) is 3.68. The summed E-state index contributed by atoms with van der Waals surface area (Å²) >= 11 is 4.37. The smallest absolute Gasteiger partial charge is 0.00720 e. The van der Waals surface area contributed by atoms with Gasteiger partial charge in [0.25, 0.3) is 0 Å². The normalized spacial score (nSPS) is 7.86. The van der Waals surface area contributed by atoms with Crippen molar-refractivity contribution in [2.45, 2.75) is 31.1 Å². The van der Waals surface area contributed by atoms with E-state index in [1.807, 2.05) is 12.1 Å². The van der Waals surface area contributed by atoms with Gasteiger partial charge in [0, 0.05) is 4.90 Å². The van der Waals surface area contributed by atoms with E-state index in [-0.39, 0.29) is 14.1 Å². The first-order valence-electron chi connectivity index (χ1n) is 4.11. The Bertz CT molecular complexity index is 228. The molecule has 0 amide bonds. The van der Waals surface area contributed by atoms with Crippen molar-refractivity contribution in [2.24, 2.45) is 0 Å². The van der Waals surface area contributed by atoms with E-state index in [9.17, 15) is 0 Å². The van der Waals surface area contributed by atoms with Gasteiger partial charge < -0.3 is 0 Å². The Balaban J connectivity index is -0.000000403. The fourth-order valence-corrected chi connectivity index (χ4v) is 1.36. The lowest BCUT2D eigenvalue weighted by atomic mass is 10.1. The highest BCUT2D eigenvalue weighted by molar-refractivity contribution is 7.80. The number of benzene rings is 1. The zero-order valence-corrected chi connectivity index (χ0v) is 9.00. The van der Waals surface area contributed by atoms with Crippen molar-refractivity contribution in [3.8, 4) is 0 Å². The molecule has 1 aromatic carbocycles. The quantitative estimate of drug-likeness (QED) is 0.745. The molecule has 0 saturated heterocycles. The minimum absolute atomic E-state index is 0. The molecule has 0 fully saturated rings. The molecule has 0 nitrogen and oxygen atoms in total. The predicted molar refractivity (Wildman–Crippen MR) is 59.8 cm³/mol. The fraction of sp³-hybridized carbons (Fsp3) is 0.400. The van der Waals surface area contributed by atoms with Gasteiger partial charge in [-0.05, 0) is 24.5 Å². The second-order valence-corrected chi connectivity index (χ2v) is 3.21. The Hall–Kier alpha value is -0.640. The standard InChI is InChI=1S/C10H14S.3FH/c1-2-3-6-9-7-4-5-8-10(9)11;;;/h4-5,7-8,11H,2-3,6H2,1H3;3*1H. The Labute approximate surface area is 88.2 Å². The molecule has 0 unspecified atom stereocenters. The summed E-state index contributed by atoms with van der Waals surface area (Å²) in [6.45, 7) is 2.21. The van der Waals surface area contributed by atoms with Crippen LogP contribution in [0.2, 0.25) is 0 Å². The molecule has 0 radical (unpaired) electrons. The van der Waals surface area contributed by atoms with Crippen LogP contribution in [0.3, 0.4) is 0 Å². The van der Waals surface area contributed by atoms with E-state index in [4.69, 9.17) is 0 Å². The molecule has 1 rings (SSSR count). The number of unbranched alkanes of at least 4 members (excludes halogenated alkanes) is 1. The Kier molecular flexibility index (Phi) is 14.2. The maximum Gasteiger partial charge on any atom is 0.00720 e. The Morgan fingerprint density at radius 1 is 1.07 bits per heavy atom. The van der Waals surface area contributed by atoms with Crippen molar-refractivity contribution in [3.05, 3.63) is 29.8 Å². The van der Waals surface area contributed by atoms with Crippen molar-refractivity contribution in [3.63, 3.8) is 0 Å². The highest BCUT2D eigenvalue weighted by Gasteiger charge is 1.94. The second-order valence-electron chi connectivity index (χ2n) is 2.73. The van der Waals surface area contributed by atoms with Gasteiger partial charge in [0.05, 0.1) is 0 Å². The van der Waals surface area contributed by atoms with Gasteiger partial charge in [-0.1, -0.05) is 31.5 Å². The maximum absolute atomic E-state index is 4.37. The van der Waals surface area contributed by atoms with Gasteiger partial charge in [-0.3, -0.25) is 14.1 Å². The molecule has 0 N–H and O–H groups in total. The fourth-order valence-electron chi connectivity index (χ4n) is 1.09. The van der Waals surface area contributed by atoms with Crippen LogP contribution in [-0.2, 0) is 6.42 Å². The first kappa shape index (κ1) is 19.0. The van der Waals surface area contributed by atoms with E-state index in [1.165, 1.54) is 18.4 Å². The third kappa shape index (κ3) is 5.91. The first-order chi connectivity index (χ1) is 5.34. The van der Waals surface area contributed by atoms with Crippen molar-refractivity contribution in [2.75, 3.05) is 0 Å². The topological polar surface area (TPSA) is 0 Å². The van der Waals surface area contributed by atoms with Gasteiger partial charge >= 0.3 is 0 Å². The van der Waals surface area contributed by atoms with Crippen molar-refractivity contribution >= 4 is 12.6 Å². The summed E-state index contributed by atoms with van der Waals surface area (Å²) in [4.78, 5) is 1.13. The van der Waals surface area contributed by atoms with Crippen LogP contribution in [-0.4, -0.2) is 0 Å². The first-order valence-corrected chi connectivity index (χ1v) is 4.56. The molecule has 0 aliphatic heterocycles. The molecule has 0 heterocycles. The highest BCUT2D eigenvalue weighted by atomic mass is 32.1. The number of hydrogen-bond donors (Lipinski definition) is 1. The van der Waals surface area contributed by atoms with E-state index in [2.05, 4.69) is 31.7 Å². The summed E-state index contributed by atoms with van der Waals surface area (Å²) in [7, 11) is 0. The molecule has 14 heavy (non-hydrogen) atoms. The predicted octanol–water partition coefficient (Wildman–Crippen LogP) is 3.78. The molecule has 4 heteroatoms. The monoisotopic (exact) mass is 226 g/mol. The average molecular weight is 226 g/mol. The molecule has 0 aliphatic rings. The van der Waals surface area contributed by atoms with Crippen LogP contribution in [0.25, 0.3) is 0 Å². The minimum Gasteiger partial charge on any atom is -0.269 e. The lowest BCUT2D eigenvalue weighted by Crippen LogP contribution is -1.85. The highest BCUT2D eigenvalue weighted by Crippen LogP contribution is 2.14. The largest absolute Gasteiger partial charge is 0.269 e. The third-order valence-corrected chi connectivity index (χ3v) is 2.23. The summed E-state index contributed by atoms with van der Waals surface area (Å²) in [5, 5.41) is 0. The summed E-state index contributed by atoms with van der Waals surface area (Å²) < 4.78 is 0. The average Bonchev–Trinajstić information content (AvgIpc) is 2.03. The molecule has 0 bridgehead atoms. The molecular weight excluding hydrogens is 209 g/mol. The number of hydrogen-bond acceptors (Lipinski definition) is 1.